The molecule has 2 heteroatoms. The summed E-state index contributed by atoms with van der Waals surface area (Å²) < 4.78 is 0. The lowest BCUT2D eigenvalue weighted by Gasteiger charge is -2.11. The van der Waals surface area contributed by atoms with Crippen LogP contribution in [0, 0.1) is 13.8 Å². The molecule has 0 bridgehead atoms. The van der Waals surface area contributed by atoms with E-state index in [0.29, 0.717) is 0 Å². The van der Waals surface area contributed by atoms with Gasteiger partial charge in [0.15, 0.2) is 0 Å². The van der Waals surface area contributed by atoms with Gasteiger partial charge in [-0.2, -0.15) is 0 Å². The summed E-state index contributed by atoms with van der Waals surface area (Å²) in [5.74, 6) is 0. The number of aromatic nitrogens is 1. The Balaban J connectivity index is 1.87. The summed E-state index contributed by atoms with van der Waals surface area (Å²) in [6, 6.07) is 10.4. The molecule has 1 aromatic heterocycles. The first-order valence-electron chi connectivity index (χ1n) is 6.78. The summed E-state index contributed by atoms with van der Waals surface area (Å²) in [5, 5.41) is 10.1. The molecule has 1 heterocycles. The summed E-state index contributed by atoms with van der Waals surface area (Å²) in [5.41, 5.74) is 4.98. The van der Waals surface area contributed by atoms with Crippen LogP contribution in [0.5, 0.6) is 0 Å². The highest BCUT2D eigenvalue weighted by Gasteiger charge is 2.07. The molecule has 2 nitrogen and oxygen atoms in total. The first kappa shape index (κ1) is 13.8. The summed E-state index contributed by atoms with van der Waals surface area (Å²) >= 11 is 0. The van der Waals surface area contributed by atoms with E-state index < -0.39 is 0 Å². The van der Waals surface area contributed by atoms with Gasteiger partial charge in [-0.25, -0.2) is 0 Å². The zero-order chi connectivity index (χ0) is 13.7. The number of benzene rings is 1. The Kier molecular flexibility index (Phi) is 4.69. The topological polar surface area (TPSA) is 33.1 Å². The van der Waals surface area contributed by atoms with Gasteiger partial charge in [0.1, 0.15) is 0 Å². The van der Waals surface area contributed by atoms with E-state index in [1.807, 2.05) is 12.3 Å². The molecule has 0 saturated heterocycles. The van der Waals surface area contributed by atoms with Crippen molar-refractivity contribution >= 4 is 0 Å². The molecule has 2 aromatic rings. The van der Waals surface area contributed by atoms with Gasteiger partial charge in [-0.1, -0.05) is 24.3 Å². The van der Waals surface area contributed by atoms with Crippen LogP contribution in [0.2, 0.25) is 0 Å². The third kappa shape index (κ3) is 4.18. The minimum atomic E-state index is -0.290. The zero-order valence-electron chi connectivity index (χ0n) is 11.6. The molecule has 100 valence electrons. The molecule has 1 N–H and O–H groups in total. The van der Waals surface area contributed by atoms with Gasteiger partial charge in [-0.3, -0.25) is 4.98 Å². The lowest BCUT2D eigenvalue weighted by molar-refractivity contribution is 0.165. The standard InChI is InChI=1S/C17H21NO/c1-13-5-6-16(10-14(13)2)11-17(19)8-7-15-4-3-9-18-12-15/h3-6,9-10,12,17,19H,7-8,11H2,1-2H3. The third-order valence-corrected chi connectivity index (χ3v) is 3.53. The first-order valence-corrected chi connectivity index (χ1v) is 6.78. The predicted octanol–water partition coefficient (Wildman–Crippen LogP) is 3.23. The van der Waals surface area contributed by atoms with E-state index in [1.54, 1.807) is 6.20 Å². The highest BCUT2D eigenvalue weighted by atomic mass is 16.3. The molecule has 1 aromatic carbocycles. The average Bonchev–Trinajstić information content (AvgIpc) is 2.42. The van der Waals surface area contributed by atoms with Gasteiger partial charge in [-0.05, 0) is 61.4 Å². The molecule has 1 unspecified atom stereocenters. The number of hydrogen-bond donors (Lipinski definition) is 1. The molecule has 2 rings (SSSR count). The first-order chi connectivity index (χ1) is 9.15. The van der Waals surface area contributed by atoms with Crippen molar-refractivity contribution in [3.05, 3.63) is 65.0 Å². The fourth-order valence-corrected chi connectivity index (χ4v) is 2.18. The van der Waals surface area contributed by atoms with E-state index in [4.69, 9.17) is 0 Å². The Bertz CT molecular complexity index is 522. The fourth-order valence-electron chi connectivity index (χ4n) is 2.18. The maximum atomic E-state index is 10.1. The summed E-state index contributed by atoms with van der Waals surface area (Å²) in [7, 11) is 0. The number of hydrogen-bond acceptors (Lipinski definition) is 2. The van der Waals surface area contributed by atoms with Crippen molar-refractivity contribution in [3.63, 3.8) is 0 Å². The third-order valence-electron chi connectivity index (χ3n) is 3.53. The summed E-state index contributed by atoms with van der Waals surface area (Å²) in [6.07, 6.45) is 5.72. The van der Waals surface area contributed by atoms with Gasteiger partial charge < -0.3 is 5.11 Å². The van der Waals surface area contributed by atoms with Crippen LogP contribution in [-0.2, 0) is 12.8 Å². The Hall–Kier alpha value is -1.67. The highest BCUT2D eigenvalue weighted by molar-refractivity contribution is 5.30. The highest BCUT2D eigenvalue weighted by Crippen LogP contribution is 2.13. The maximum absolute atomic E-state index is 10.1. The Morgan fingerprint density at radius 3 is 2.63 bits per heavy atom. The quantitative estimate of drug-likeness (QED) is 0.889. The Morgan fingerprint density at radius 2 is 1.95 bits per heavy atom. The van der Waals surface area contributed by atoms with Gasteiger partial charge >= 0.3 is 0 Å². The second kappa shape index (κ2) is 6.48. The van der Waals surface area contributed by atoms with Crippen LogP contribution in [0.1, 0.15) is 28.7 Å². The van der Waals surface area contributed by atoms with E-state index in [-0.39, 0.29) is 6.10 Å². The van der Waals surface area contributed by atoms with Crippen molar-refractivity contribution < 1.29 is 5.11 Å². The smallest absolute Gasteiger partial charge is 0.0583 e. The van der Waals surface area contributed by atoms with Gasteiger partial charge in [0.2, 0.25) is 0 Å². The number of rotatable bonds is 5. The number of aliphatic hydroxyl groups is 1. The normalized spacial score (nSPS) is 12.4. The van der Waals surface area contributed by atoms with Gasteiger partial charge in [0.25, 0.3) is 0 Å². The minimum Gasteiger partial charge on any atom is -0.393 e. The second-order valence-corrected chi connectivity index (χ2v) is 5.18. The second-order valence-electron chi connectivity index (χ2n) is 5.18. The molecule has 0 saturated carbocycles. The molecule has 0 radical (unpaired) electrons. The molecule has 0 aliphatic carbocycles. The minimum absolute atomic E-state index is 0.290. The van der Waals surface area contributed by atoms with Crippen LogP contribution in [0.15, 0.2) is 42.7 Å². The van der Waals surface area contributed by atoms with E-state index >= 15 is 0 Å². The van der Waals surface area contributed by atoms with Crippen molar-refractivity contribution in [2.24, 2.45) is 0 Å². The zero-order valence-corrected chi connectivity index (χ0v) is 11.6. The number of aliphatic hydroxyl groups excluding tert-OH is 1. The largest absolute Gasteiger partial charge is 0.393 e. The van der Waals surface area contributed by atoms with Crippen LogP contribution >= 0.6 is 0 Å². The van der Waals surface area contributed by atoms with Gasteiger partial charge in [-0.15, -0.1) is 0 Å². The van der Waals surface area contributed by atoms with Crippen LogP contribution in [0.3, 0.4) is 0 Å². The number of nitrogens with zero attached hydrogens (tertiary/aromatic N) is 1. The van der Waals surface area contributed by atoms with Crippen LogP contribution < -0.4 is 0 Å². The van der Waals surface area contributed by atoms with Crippen molar-refractivity contribution in [1.29, 1.82) is 0 Å². The predicted molar refractivity (Wildman–Crippen MR) is 78.2 cm³/mol. The van der Waals surface area contributed by atoms with E-state index in [1.165, 1.54) is 22.3 Å². The molecule has 1 atom stereocenters. The maximum Gasteiger partial charge on any atom is 0.0583 e. The number of aryl methyl sites for hydroxylation is 3. The van der Waals surface area contributed by atoms with Gasteiger partial charge in [0, 0.05) is 12.4 Å². The van der Waals surface area contributed by atoms with Crippen LogP contribution in [0.25, 0.3) is 0 Å². The van der Waals surface area contributed by atoms with Crippen molar-refractivity contribution in [3.8, 4) is 0 Å². The van der Waals surface area contributed by atoms with Crippen LogP contribution in [0.4, 0.5) is 0 Å². The SMILES string of the molecule is Cc1ccc(CC(O)CCc2cccnc2)cc1C. The van der Waals surface area contributed by atoms with Crippen LogP contribution in [-0.4, -0.2) is 16.2 Å². The summed E-state index contributed by atoms with van der Waals surface area (Å²) in [4.78, 5) is 4.09. The molecule has 19 heavy (non-hydrogen) atoms. The molecular formula is C17H21NO. The van der Waals surface area contributed by atoms with E-state index in [2.05, 4.69) is 43.1 Å². The Labute approximate surface area is 115 Å². The van der Waals surface area contributed by atoms with Crippen molar-refractivity contribution in [2.45, 2.75) is 39.2 Å². The molecule has 0 amide bonds. The van der Waals surface area contributed by atoms with E-state index in [9.17, 15) is 5.11 Å². The lowest BCUT2D eigenvalue weighted by Crippen LogP contribution is -2.12. The molecular weight excluding hydrogens is 234 g/mol. The number of pyridine rings is 1. The van der Waals surface area contributed by atoms with Gasteiger partial charge in [0.05, 0.1) is 6.10 Å². The van der Waals surface area contributed by atoms with Crippen molar-refractivity contribution in [2.75, 3.05) is 0 Å². The lowest BCUT2D eigenvalue weighted by atomic mass is 9.99. The Morgan fingerprint density at radius 1 is 1.11 bits per heavy atom. The molecule has 0 fully saturated rings. The fraction of sp³-hybridized carbons (Fsp3) is 0.353. The summed E-state index contributed by atoms with van der Waals surface area (Å²) in [6.45, 7) is 4.22. The molecule has 0 aliphatic heterocycles. The molecule has 0 aliphatic rings. The van der Waals surface area contributed by atoms with Crippen molar-refractivity contribution in [1.82, 2.24) is 4.98 Å². The molecule has 0 spiro atoms. The average molecular weight is 255 g/mol. The van der Waals surface area contributed by atoms with E-state index in [0.717, 1.165) is 19.3 Å². The monoisotopic (exact) mass is 255 g/mol.